The minimum absolute atomic E-state index is 0. The van der Waals surface area contributed by atoms with Gasteiger partial charge >= 0.3 is 59.1 Å². The van der Waals surface area contributed by atoms with Gasteiger partial charge in [0.2, 0.25) is 0 Å². The van der Waals surface area contributed by atoms with Gasteiger partial charge in [-0.2, -0.15) is 5.26 Å². The monoisotopic (exact) mass is 194 g/mol. The van der Waals surface area contributed by atoms with E-state index in [9.17, 15) is 10.2 Å². The average molecular weight is 194 g/mol. The molecule has 0 rings (SSSR count). The zero-order valence-corrected chi connectivity index (χ0v) is 11.2. The second-order valence-electron chi connectivity index (χ2n) is 0.606. The van der Waals surface area contributed by atoms with Crippen molar-refractivity contribution in [3.8, 4) is 5.40 Å². The fraction of sp³-hybridized carbons (Fsp3) is 0. The third-order valence-corrected chi connectivity index (χ3v) is 1.23. The van der Waals surface area contributed by atoms with Gasteiger partial charge in [0.1, 0.15) is 5.40 Å². The van der Waals surface area contributed by atoms with Gasteiger partial charge in [0.15, 0.2) is 0 Å². The van der Waals surface area contributed by atoms with Gasteiger partial charge in [-0.3, -0.25) is 0 Å². The van der Waals surface area contributed by atoms with Gasteiger partial charge in [0.05, 0.1) is 11.0 Å². The molecule has 0 aromatic carbocycles. The number of thiocyanates is 1. The Balaban J connectivity index is -0.000000245. The van der Waals surface area contributed by atoms with Gasteiger partial charge in [-0.25, -0.2) is 4.40 Å². The maximum absolute atomic E-state index is 9.45. The molecule has 0 aliphatic carbocycles. The first-order valence-corrected chi connectivity index (χ1v) is 3.52. The summed E-state index contributed by atoms with van der Waals surface area (Å²) in [7, 11) is 1.25. The van der Waals surface area contributed by atoms with Crippen LogP contribution in [0.3, 0.4) is 0 Å². The Morgan fingerprint density at radius 3 is 2.20 bits per heavy atom. The van der Waals surface area contributed by atoms with E-state index in [0.29, 0.717) is 21.8 Å². The molecule has 0 unspecified atom stereocenters. The zero-order chi connectivity index (χ0) is 6.41. The number of hydrogen-bond acceptors (Lipinski definition) is 6. The summed E-state index contributed by atoms with van der Waals surface area (Å²) in [5.74, 6) is 0. The summed E-state index contributed by atoms with van der Waals surface area (Å²) >= 11 is 0. The van der Waals surface area contributed by atoms with Crippen molar-refractivity contribution in [2.24, 2.45) is 4.40 Å². The molecule has 4 nitrogen and oxygen atoms in total. The summed E-state index contributed by atoms with van der Waals surface area (Å²) in [5, 5.41) is 28.3. The maximum Gasteiger partial charge on any atom is 1.00 e. The van der Waals surface area contributed by atoms with Crippen LogP contribution in [0, 0.1) is 10.7 Å². The van der Waals surface area contributed by atoms with E-state index in [1.807, 2.05) is 0 Å². The van der Waals surface area contributed by atoms with Crippen LogP contribution >= 0.6 is 21.8 Å². The molecule has 0 saturated carbocycles. The van der Waals surface area contributed by atoms with Crippen LogP contribution in [0.5, 0.6) is 0 Å². The van der Waals surface area contributed by atoms with Crippen molar-refractivity contribution in [2.75, 3.05) is 0 Å². The molecule has 0 heterocycles. The van der Waals surface area contributed by atoms with E-state index in [-0.39, 0.29) is 59.1 Å². The van der Waals surface area contributed by atoms with Gasteiger partial charge in [-0.1, -0.05) is 6.08 Å². The summed E-state index contributed by atoms with van der Waals surface area (Å²) in [4.78, 5) is 0. The van der Waals surface area contributed by atoms with Crippen LogP contribution in [0.4, 0.5) is 0 Å². The first-order chi connectivity index (χ1) is 3.77. The fourth-order valence-corrected chi connectivity index (χ4v) is 0.592. The van der Waals surface area contributed by atoms with E-state index in [1.165, 1.54) is 0 Å². The van der Waals surface area contributed by atoms with Crippen molar-refractivity contribution >= 4 is 27.9 Å². The van der Waals surface area contributed by atoms with Gasteiger partial charge in [-0.05, 0) is 0 Å². The van der Waals surface area contributed by atoms with Crippen molar-refractivity contribution in [3.05, 3.63) is 0 Å². The normalized spacial score (nSPS) is 5.90. The van der Waals surface area contributed by atoms with E-state index in [4.69, 9.17) is 5.26 Å². The summed E-state index contributed by atoms with van der Waals surface area (Å²) in [6, 6.07) is 0. The SMILES string of the molecule is N#CSSN=C([O-])[O-].[Na+].[Na+]. The molecule has 0 N–H and O–H groups in total. The molecule has 0 spiro atoms. The predicted molar refractivity (Wildman–Crippen MR) is 28.2 cm³/mol. The Hall–Kier alpha value is 1.46. The van der Waals surface area contributed by atoms with E-state index in [0.717, 1.165) is 0 Å². The van der Waals surface area contributed by atoms with E-state index in [2.05, 4.69) is 4.40 Å². The largest absolute Gasteiger partial charge is 1.00 e. The van der Waals surface area contributed by atoms with Gasteiger partial charge in [0, 0.05) is 10.8 Å². The molecule has 0 aliphatic heterocycles. The summed E-state index contributed by atoms with van der Waals surface area (Å²) in [5.41, 5.74) is 0. The zero-order valence-electron chi connectivity index (χ0n) is 5.53. The molecule has 0 saturated heterocycles. The molecule has 0 radical (unpaired) electrons. The van der Waals surface area contributed by atoms with Crippen molar-refractivity contribution < 1.29 is 69.3 Å². The molecule has 0 atom stereocenters. The second-order valence-corrected chi connectivity index (χ2v) is 2.23. The summed E-state index contributed by atoms with van der Waals surface area (Å²) in [6.45, 7) is 0. The molecule has 0 bridgehead atoms. The van der Waals surface area contributed by atoms with Crippen LogP contribution < -0.4 is 69.3 Å². The van der Waals surface area contributed by atoms with Crippen LogP contribution in [0.2, 0.25) is 0 Å². The predicted octanol–water partition coefficient (Wildman–Crippen LogP) is -7.15. The fourth-order valence-electron chi connectivity index (χ4n) is 0.0657. The van der Waals surface area contributed by atoms with Crippen LogP contribution in [0.15, 0.2) is 4.40 Å². The number of hydrogen-bond donors (Lipinski definition) is 0. The molecule has 0 aromatic heterocycles. The molecular weight excluding hydrogens is 194 g/mol. The van der Waals surface area contributed by atoms with E-state index in [1.54, 1.807) is 5.40 Å². The van der Waals surface area contributed by atoms with Crippen molar-refractivity contribution in [2.45, 2.75) is 0 Å². The average Bonchev–Trinajstić information content (AvgIpc) is 1.66. The Bertz CT molecular complexity index is 132. The molecule has 10 heavy (non-hydrogen) atoms. The Kier molecular flexibility index (Phi) is 22.9. The smallest absolute Gasteiger partial charge is 0.870 e. The van der Waals surface area contributed by atoms with E-state index >= 15 is 0 Å². The second kappa shape index (κ2) is 13.1. The van der Waals surface area contributed by atoms with Gasteiger partial charge in [-0.15, -0.1) is 0 Å². The third-order valence-electron chi connectivity index (χ3n) is 0.186. The third kappa shape index (κ3) is 16.2. The van der Waals surface area contributed by atoms with Gasteiger partial charge < -0.3 is 10.2 Å². The topological polar surface area (TPSA) is 82.3 Å². The van der Waals surface area contributed by atoms with Crippen molar-refractivity contribution in [1.29, 1.82) is 5.26 Å². The van der Waals surface area contributed by atoms with Crippen LogP contribution in [0.1, 0.15) is 0 Å². The Morgan fingerprint density at radius 1 is 1.40 bits per heavy atom. The number of nitriles is 1. The molecule has 44 valence electrons. The van der Waals surface area contributed by atoms with Crippen LogP contribution in [-0.2, 0) is 0 Å². The minimum atomic E-state index is -1.52. The molecular formula is C2N2Na2O2S2. The quantitative estimate of drug-likeness (QED) is 0.0829. The molecule has 0 aliphatic rings. The molecule has 8 heteroatoms. The first-order valence-electron chi connectivity index (χ1n) is 1.41. The number of nitrogens with zero attached hydrogens (tertiary/aromatic N) is 2. The van der Waals surface area contributed by atoms with Crippen LogP contribution in [-0.4, -0.2) is 6.08 Å². The standard InChI is InChI=1S/C2H2N2O2S2.2Na/c3-1-7-8-4-2(5)6;;/h(H2,4,5,6);;/q;2*+1/p-2. The molecule has 0 aromatic rings. The van der Waals surface area contributed by atoms with Crippen molar-refractivity contribution in [3.63, 3.8) is 0 Å². The van der Waals surface area contributed by atoms with Gasteiger partial charge in [0.25, 0.3) is 0 Å². The van der Waals surface area contributed by atoms with Crippen molar-refractivity contribution in [1.82, 2.24) is 0 Å². The maximum atomic E-state index is 9.45. The first kappa shape index (κ1) is 17.5. The summed E-state index contributed by atoms with van der Waals surface area (Å²) in [6.07, 6.45) is -1.52. The Morgan fingerprint density at radius 2 is 1.90 bits per heavy atom. The molecule has 0 amide bonds. The van der Waals surface area contributed by atoms with Crippen LogP contribution in [0.25, 0.3) is 0 Å². The summed E-state index contributed by atoms with van der Waals surface area (Å²) < 4.78 is 2.78. The Labute approximate surface area is 111 Å². The minimum Gasteiger partial charge on any atom is -0.870 e. The number of rotatable bonds is 2. The molecule has 0 fully saturated rings. The van der Waals surface area contributed by atoms with E-state index < -0.39 is 6.08 Å².